The average molecular weight is 289 g/mol. The van der Waals surface area contributed by atoms with E-state index in [4.69, 9.17) is 0 Å². The highest BCUT2D eigenvalue weighted by Crippen LogP contribution is 2.30. The molecule has 21 heavy (non-hydrogen) atoms. The van der Waals surface area contributed by atoms with Crippen LogP contribution in [0, 0.1) is 0 Å². The summed E-state index contributed by atoms with van der Waals surface area (Å²) < 4.78 is 26.9. The minimum atomic E-state index is -2.45. The van der Waals surface area contributed by atoms with E-state index in [1.54, 1.807) is 19.1 Å². The molecule has 112 valence electrons. The average Bonchev–Trinajstić information content (AvgIpc) is 2.53. The van der Waals surface area contributed by atoms with Gasteiger partial charge in [0.15, 0.2) is 0 Å². The molecule has 0 radical (unpaired) electrons. The molecule has 0 saturated carbocycles. The van der Waals surface area contributed by atoms with Gasteiger partial charge in [-0.25, -0.2) is 8.78 Å². The lowest BCUT2D eigenvalue weighted by molar-refractivity contribution is 0.0385. The lowest BCUT2D eigenvalue weighted by Crippen LogP contribution is -2.46. The van der Waals surface area contributed by atoms with Crippen LogP contribution in [0.1, 0.15) is 25.8 Å². The van der Waals surface area contributed by atoms with Crippen LogP contribution in [0.15, 0.2) is 54.6 Å². The van der Waals surface area contributed by atoms with E-state index in [0.717, 1.165) is 17.5 Å². The van der Waals surface area contributed by atoms with Crippen LogP contribution in [0.3, 0.4) is 0 Å². The predicted octanol–water partition coefficient (Wildman–Crippen LogP) is 4.83. The Kier molecular flexibility index (Phi) is 5.07. The van der Waals surface area contributed by atoms with Crippen LogP contribution >= 0.6 is 0 Å². The van der Waals surface area contributed by atoms with Crippen molar-refractivity contribution in [2.45, 2.75) is 32.2 Å². The Labute approximate surface area is 125 Å². The Morgan fingerprint density at radius 3 is 2.05 bits per heavy atom. The van der Waals surface area contributed by atoms with Gasteiger partial charge in [-0.2, -0.15) is 0 Å². The third-order valence-electron chi connectivity index (χ3n) is 3.77. The quantitative estimate of drug-likeness (QED) is 0.803. The summed E-state index contributed by atoms with van der Waals surface area (Å²) in [6.45, 7) is 4.10. The van der Waals surface area contributed by atoms with E-state index in [2.05, 4.69) is 5.32 Å². The van der Waals surface area contributed by atoms with E-state index in [9.17, 15) is 8.78 Å². The molecule has 0 heterocycles. The topological polar surface area (TPSA) is 12.0 Å². The zero-order valence-corrected chi connectivity index (χ0v) is 12.4. The van der Waals surface area contributed by atoms with Crippen LogP contribution in [0.5, 0.6) is 0 Å². The zero-order valence-electron chi connectivity index (χ0n) is 12.4. The number of halogens is 2. The first kappa shape index (κ1) is 15.6. The Balaban J connectivity index is 2.28. The second-order valence-corrected chi connectivity index (χ2v) is 5.37. The van der Waals surface area contributed by atoms with Crippen molar-refractivity contribution in [1.82, 2.24) is 5.32 Å². The Morgan fingerprint density at radius 1 is 0.952 bits per heavy atom. The molecule has 0 saturated heterocycles. The SMILES string of the molecule is CCCNC(C)(c1ccc(-c2ccccc2)cc1)C(F)F. The smallest absolute Gasteiger partial charge is 0.260 e. The van der Waals surface area contributed by atoms with E-state index in [1.807, 2.05) is 49.4 Å². The lowest BCUT2D eigenvalue weighted by atomic mass is 9.90. The van der Waals surface area contributed by atoms with Crippen LogP contribution in [0.4, 0.5) is 8.78 Å². The molecule has 0 bridgehead atoms. The minimum Gasteiger partial charge on any atom is -0.303 e. The van der Waals surface area contributed by atoms with Gasteiger partial charge in [-0.1, -0.05) is 61.5 Å². The Bertz CT molecular complexity index is 551. The summed E-state index contributed by atoms with van der Waals surface area (Å²) in [4.78, 5) is 0. The summed E-state index contributed by atoms with van der Waals surface area (Å²) >= 11 is 0. The summed E-state index contributed by atoms with van der Waals surface area (Å²) in [6, 6.07) is 17.3. The maximum absolute atomic E-state index is 13.5. The fourth-order valence-electron chi connectivity index (χ4n) is 2.33. The summed E-state index contributed by atoms with van der Waals surface area (Å²) in [5.74, 6) is 0. The summed E-state index contributed by atoms with van der Waals surface area (Å²) in [7, 11) is 0. The first-order chi connectivity index (χ1) is 10.1. The van der Waals surface area contributed by atoms with Crippen molar-refractivity contribution in [3.8, 4) is 11.1 Å². The van der Waals surface area contributed by atoms with Gasteiger partial charge < -0.3 is 5.32 Å². The van der Waals surface area contributed by atoms with Crippen LogP contribution in [-0.4, -0.2) is 13.0 Å². The lowest BCUT2D eigenvalue weighted by Gasteiger charge is -2.31. The minimum absolute atomic E-state index is 0.571. The molecular formula is C18H21F2N. The molecule has 2 aromatic carbocycles. The van der Waals surface area contributed by atoms with Crippen molar-refractivity contribution < 1.29 is 8.78 Å². The van der Waals surface area contributed by atoms with Crippen molar-refractivity contribution >= 4 is 0 Å². The molecule has 1 unspecified atom stereocenters. The van der Waals surface area contributed by atoms with Gasteiger partial charge in [0.25, 0.3) is 6.43 Å². The highest BCUT2D eigenvalue weighted by atomic mass is 19.3. The summed E-state index contributed by atoms with van der Waals surface area (Å²) in [6.07, 6.45) is -1.63. The second-order valence-electron chi connectivity index (χ2n) is 5.37. The van der Waals surface area contributed by atoms with Gasteiger partial charge >= 0.3 is 0 Å². The largest absolute Gasteiger partial charge is 0.303 e. The molecule has 0 spiro atoms. The Hall–Kier alpha value is -1.74. The van der Waals surface area contributed by atoms with Crippen LogP contribution in [0.2, 0.25) is 0 Å². The van der Waals surface area contributed by atoms with Gasteiger partial charge in [0.2, 0.25) is 0 Å². The van der Waals surface area contributed by atoms with Crippen molar-refractivity contribution in [3.05, 3.63) is 60.2 Å². The van der Waals surface area contributed by atoms with Gasteiger partial charge in [0.1, 0.15) is 5.54 Å². The maximum Gasteiger partial charge on any atom is 0.260 e. The molecule has 3 heteroatoms. The zero-order chi connectivity index (χ0) is 15.3. The van der Waals surface area contributed by atoms with E-state index >= 15 is 0 Å². The van der Waals surface area contributed by atoms with E-state index in [0.29, 0.717) is 12.1 Å². The molecule has 0 fully saturated rings. The van der Waals surface area contributed by atoms with Crippen molar-refractivity contribution in [3.63, 3.8) is 0 Å². The molecule has 0 aromatic heterocycles. The third kappa shape index (κ3) is 3.48. The molecule has 1 nitrogen and oxygen atoms in total. The number of alkyl halides is 2. The van der Waals surface area contributed by atoms with E-state index in [1.165, 1.54) is 0 Å². The first-order valence-electron chi connectivity index (χ1n) is 7.27. The molecule has 2 rings (SSSR count). The van der Waals surface area contributed by atoms with Gasteiger partial charge in [-0.15, -0.1) is 0 Å². The normalized spacial score (nSPS) is 14.1. The van der Waals surface area contributed by atoms with Gasteiger partial charge in [-0.05, 0) is 36.6 Å². The van der Waals surface area contributed by atoms with Gasteiger partial charge in [0, 0.05) is 0 Å². The molecule has 0 aliphatic carbocycles. The van der Waals surface area contributed by atoms with Crippen molar-refractivity contribution in [2.24, 2.45) is 0 Å². The van der Waals surface area contributed by atoms with E-state index < -0.39 is 12.0 Å². The monoisotopic (exact) mass is 289 g/mol. The fraction of sp³-hybridized carbons (Fsp3) is 0.333. The highest BCUT2D eigenvalue weighted by molar-refractivity contribution is 5.63. The van der Waals surface area contributed by atoms with Crippen LogP contribution < -0.4 is 5.32 Å². The van der Waals surface area contributed by atoms with Crippen LogP contribution in [-0.2, 0) is 5.54 Å². The van der Waals surface area contributed by atoms with Gasteiger partial charge in [-0.3, -0.25) is 0 Å². The molecule has 0 aliphatic rings. The number of rotatable bonds is 6. The summed E-state index contributed by atoms with van der Waals surface area (Å²) in [5.41, 5.74) is 1.44. The van der Waals surface area contributed by atoms with Crippen molar-refractivity contribution in [2.75, 3.05) is 6.54 Å². The molecule has 1 atom stereocenters. The number of hydrogen-bond acceptors (Lipinski definition) is 1. The molecule has 0 amide bonds. The molecule has 1 N–H and O–H groups in total. The number of hydrogen-bond donors (Lipinski definition) is 1. The fourth-order valence-corrected chi connectivity index (χ4v) is 2.33. The van der Waals surface area contributed by atoms with E-state index in [-0.39, 0.29) is 0 Å². The summed E-state index contributed by atoms with van der Waals surface area (Å²) in [5, 5.41) is 2.97. The standard InChI is InChI=1S/C18H21F2N/c1-3-13-21-18(2,17(19)20)16-11-9-15(10-12-16)14-7-5-4-6-8-14/h4-12,17,21H,3,13H2,1-2H3. The van der Waals surface area contributed by atoms with Crippen LogP contribution in [0.25, 0.3) is 11.1 Å². The molecule has 0 aliphatic heterocycles. The second kappa shape index (κ2) is 6.81. The molecule has 2 aromatic rings. The number of benzene rings is 2. The Morgan fingerprint density at radius 2 is 1.52 bits per heavy atom. The molecular weight excluding hydrogens is 268 g/mol. The first-order valence-corrected chi connectivity index (χ1v) is 7.27. The van der Waals surface area contributed by atoms with Gasteiger partial charge in [0.05, 0.1) is 0 Å². The number of nitrogens with one attached hydrogen (secondary N) is 1. The maximum atomic E-state index is 13.5. The highest BCUT2D eigenvalue weighted by Gasteiger charge is 2.35. The third-order valence-corrected chi connectivity index (χ3v) is 3.77. The predicted molar refractivity (Wildman–Crippen MR) is 83.5 cm³/mol. The van der Waals surface area contributed by atoms with Crippen molar-refractivity contribution in [1.29, 1.82) is 0 Å².